The van der Waals surface area contributed by atoms with Crippen molar-refractivity contribution >= 4 is 23.0 Å². The number of rotatable bonds is 4. The monoisotopic (exact) mass is 288 g/mol. The lowest BCUT2D eigenvalue weighted by molar-refractivity contribution is 0.818. The molecule has 0 amide bonds. The van der Waals surface area contributed by atoms with Crippen molar-refractivity contribution in [3.05, 3.63) is 58.6 Å². The molecule has 3 heteroatoms. The molecule has 1 unspecified atom stereocenters. The Labute approximate surface area is 126 Å². The maximum Gasteiger partial charge on any atom is 0.0646 e. The molecule has 0 saturated heterocycles. The first-order valence-corrected chi connectivity index (χ1v) is 7.30. The fourth-order valence-corrected chi connectivity index (χ4v) is 2.65. The third-order valence-corrected chi connectivity index (χ3v) is 3.81. The van der Waals surface area contributed by atoms with Crippen LogP contribution in [-0.4, -0.2) is 6.54 Å². The minimum absolute atomic E-state index is 0.00455. The van der Waals surface area contributed by atoms with Crippen molar-refractivity contribution in [3.63, 3.8) is 0 Å². The van der Waals surface area contributed by atoms with Crippen LogP contribution in [0.25, 0.3) is 0 Å². The lowest BCUT2D eigenvalue weighted by Gasteiger charge is -2.26. The Morgan fingerprint density at radius 1 is 1.15 bits per heavy atom. The van der Waals surface area contributed by atoms with Crippen molar-refractivity contribution in [2.45, 2.75) is 26.8 Å². The van der Waals surface area contributed by atoms with Crippen LogP contribution in [0.1, 0.15) is 31.0 Å². The predicted molar refractivity (Wildman–Crippen MR) is 87.9 cm³/mol. The first-order chi connectivity index (χ1) is 9.54. The number of nitrogens with two attached hydrogens (primary N) is 1. The van der Waals surface area contributed by atoms with Gasteiger partial charge in [0.2, 0.25) is 0 Å². The van der Waals surface area contributed by atoms with E-state index in [1.807, 2.05) is 25.1 Å². The molecule has 1 atom stereocenters. The quantitative estimate of drug-likeness (QED) is 0.873. The van der Waals surface area contributed by atoms with E-state index in [-0.39, 0.29) is 6.04 Å². The summed E-state index contributed by atoms with van der Waals surface area (Å²) in [7, 11) is 0. The number of aryl methyl sites for hydroxylation is 1. The summed E-state index contributed by atoms with van der Waals surface area (Å²) in [5.74, 6) is 0. The van der Waals surface area contributed by atoms with Crippen LogP contribution in [0.3, 0.4) is 0 Å². The van der Waals surface area contributed by atoms with Gasteiger partial charge in [0.15, 0.2) is 0 Å². The summed E-state index contributed by atoms with van der Waals surface area (Å²) >= 11 is 6.45. The first-order valence-electron chi connectivity index (χ1n) is 6.92. The van der Waals surface area contributed by atoms with Crippen LogP contribution in [0, 0.1) is 6.92 Å². The highest BCUT2D eigenvalue weighted by Gasteiger charge is 2.13. The molecule has 2 N–H and O–H groups in total. The highest BCUT2D eigenvalue weighted by molar-refractivity contribution is 6.33. The number of anilines is 2. The van der Waals surface area contributed by atoms with Crippen molar-refractivity contribution in [1.29, 1.82) is 0 Å². The van der Waals surface area contributed by atoms with Gasteiger partial charge in [-0.15, -0.1) is 0 Å². The topological polar surface area (TPSA) is 29.3 Å². The van der Waals surface area contributed by atoms with Crippen molar-refractivity contribution in [2.24, 2.45) is 5.73 Å². The van der Waals surface area contributed by atoms with Gasteiger partial charge < -0.3 is 10.6 Å². The number of halogens is 1. The molecule has 0 saturated carbocycles. The summed E-state index contributed by atoms with van der Waals surface area (Å²) in [6, 6.07) is 14.4. The van der Waals surface area contributed by atoms with Gasteiger partial charge in [0.05, 0.1) is 10.7 Å². The van der Waals surface area contributed by atoms with Gasteiger partial charge in [-0.05, 0) is 50.1 Å². The van der Waals surface area contributed by atoms with E-state index in [1.54, 1.807) is 0 Å². The van der Waals surface area contributed by atoms with Crippen LogP contribution >= 0.6 is 11.6 Å². The minimum atomic E-state index is -0.00455. The fraction of sp³-hybridized carbons (Fsp3) is 0.294. The van der Waals surface area contributed by atoms with E-state index in [0.717, 1.165) is 22.8 Å². The molecule has 0 aliphatic rings. The molecule has 0 spiro atoms. The van der Waals surface area contributed by atoms with E-state index in [2.05, 4.69) is 43.0 Å². The van der Waals surface area contributed by atoms with Gasteiger partial charge in [0.25, 0.3) is 0 Å². The molecule has 106 valence electrons. The number of nitrogens with zero attached hydrogens (tertiary/aromatic N) is 1. The molecular weight excluding hydrogens is 268 g/mol. The largest absolute Gasteiger partial charge is 0.340 e. The molecule has 2 aromatic rings. The molecule has 2 nitrogen and oxygen atoms in total. The third kappa shape index (κ3) is 2.97. The number of para-hydroxylation sites is 1. The van der Waals surface area contributed by atoms with E-state index in [9.17, 15) is 0 Å². The number of hydrogen-bond donors (Lipinski definition) is 1. The van der Waals surface area contributed by atoms with E-state index in [0.29, 0.717) is 0 Å². The molecule has 0 aliphatic carbocycles. The number of benzene rings is 2. The molecule has 2 rings (SSSR count). The van der Waals surface area contributed by atoms with Crippen LogP contribution in [0.5, 0.6) is 0 Å². The van der Waals surface area contributed by atoms with Gasteiger partial charge in [-0.2, -0.15) is 0 Å². The lowest BCUT2D eigenvalue weighted by Crippen LogP contribution is -2.17. The Hall–Kier alpha value is -1.51. The maximum absolute atomic E-state index is 6.45. The SMILES string of the molecule is CCN(c1ccccc1C)c1ccc(C(C)N)cc1Cl. The minimum Gasteiger partial charge on any atom is -0.340 e. The van der Waals surface area contributed by atoms with Crippen molar-refractivity contribution < 1.29 is 0 Å². The van der Waals surface area contributed by atoms with Gasteiger partial charge in [-0.3, -0.25) is 0 Å². The Bertz CT molecular complexity index is 593. The van der Waals surface area contributed by atoms with Crippen LogP contribution < -0.4 is 10.6 Å². The Morgan fingerprint density at radius 3 is 2.40 bits per heavy atom. The van der Waals surface area contributed by atoms with Crippen LogP contribution in [-0.2, 0) is 0 Å². The van der Waals surface area contributed by atoms with E-state index >= 15 is 0 Å². The third-order valence-electron chi connectivity index (χ3n) is 3.51. The second-order valence-corrected chi connectivity index (χ2v) is 5.44. The predicted octanol–water partition coefficient (Wildman–Crippen LogP) is 4.83. The first kappa shape index (κ1) is 14.9. The standard InChI is InChI=1S/C17H21ClN2/c1-4-20(16-8-6-5-7-12(16)2)17-10-9-14(13(3)19)11-15(17)18/h5-11,13H,4,19H2,1-3H3. The normalized spacial score (nSPS) is 12.2. The lowest BCUT2D eigenvalue weighted by atomic mass is 10.1. The maximum atomic E-state index is 6.45. The van der Waals surface area contributed by atoms with Crippen LogP contribution in [0.4, 0.5) is 11.4 Å². The molecule has 0 aliphatic heterocycles. The summed E-state index contributed by atoms with van der Waals surface area (Å²) < 4.78 is 0. The number of hydrogen-bond acceptors (Lipinski definition) is 2. The average Bonchev–Trinajstić information content (AvgIpc) is 2.43. The summed E-state index contributed by atoms with van der Waals surface area (Å²) in [5, 5.41) is 0.741. The Balaban J connectivity index is 2.45. The summed E-state index contributed by atoms with van der Waals surface area (Å²) in [5.41, 5.74) is 10.4. The summed E-state index contributed by atoms with van der Waals surface area (Å²) in [4.78, 5) is 2.22. The molecule has 0 aromatic heterocycles. The highest BCUT2D eigenvalue weighted by atomic mass is 35.5. The van der Waals surface area contributed by atoms with Crippen LogP contribution in [0.15, 0.2) is 42.5 Å². The Morgan fingerprint density at radius 2 is 1.85 bits per heavy atom. The summed E-state index contributed by atoms with van der Waals surface area (Å²) in [6.45, 7) is 7.07. The van der Waals surface area contributed by atoms with Crippen molar-refractivity contribution in [3.8, 4) is 0 Å². The summed E-state index contributed by atoms with van der Waals surface area (Å²) in [6.07, 6.45) is 0. The zero-order valence-corrected chi connectivity index (χ0v) is 13.0. The van der Waals surface area contributed by atoms with Crippen LogP contribution in [0.2, 0.25) is 5.02 Å². The Kier molecular flexibility index (Phi) is 4.69. The van der Waals surface area contributed by atoms with Gasteiger partial charge in [0.1, 0.15) is 0 Å². The van der Waals surface area contributed by atoms with Gasteiger partial charge in [-0.1, -0.05) is 35.9 Å². The van der Waals surface area contributed by atoms with Gasteiger partial charge in [0, 0.05) is 18.3 Å². The molecular formula is C17H21ClN2. The average molecular weight is 289 g/mol. The fourth-order valence-electron chi connectivity index (χ4n) is 2.36. The smallest absolute Gasteiger partial charge is 0.0646 e. The zero-order chi connectivity index (χ0) is 14.7. The second kappa shape index (κ2) is 6.29. The molecule has 20 heavy (non-hydrogen) atoms. The van der Waals surface area contributed by atoms with E-state index in [4.69, 9.17) is 17.3 Å². The van der Waals surface area contributed by atoms with Crippen molar-refractivity contribution in [2.75, 3.05) is 11.4 Å². The molecule has 0 bridgehead atoms. The van der Waals surface area contributed by atoms with E-state index < -0.39 is 0 Å². The molecule has 2 aromatic carbocycles. The molecule has 0 fully saturated rings. The van der Waals surface area contributed by atoms with Gasteiger partial charge >= 0.3 is 0 Å². The van der Waals surface area contributed by atoms with E-state index in [1.165, 1.54) is 11.3 Å². The zero-order valence-electron chi connectivity index (χ0n) is 12.2. The van der Waals surface area contributed by atoms with Gasteiger partial charge in [-0.25, -0.2) is 0 Å². The highest BCUT2D eigenvalue weighted by Crippen LogP contribution is 2.34. The molecule has 0 heterocycles. The second-order valence-electron chi connectivity index (χ2n) is 5.03. The van der Waals surface area contributed by atoms with Crippen molar-refractivity contribution in [1.82, 2.24) is 0 Å². The molecule has 0 radical (unpaired) electrons.